The van der Waals surface area contributed by atoms with Crippen LogP contribution in [-0.4, -0.2) is 58.3 Å². The summed E-state index contributed by atoms with van der Waals surface area (Å²) >= 11 is 0. The van der Waals surface area contributed by atoms with Gasteiger partial charge in [0.1, 0.15) is 6.61 Å². The van der Waals surface area contributed by atoms with E-state index >= 15 is 0 Å². The lowest BCUT2D eigenvalue weighted by molar-refractivity contribution is -0.141. The topological polar surface area (TPSA) is 164 Å². The summed E-state index contributed by atoms with van der Waals surface area (Å²) in [7, 11) is 0. The minimum atomic E-state index is -0.935. The Morgan fingerprint density at radius 1 is 1.07 bits per heavy atom. The van der Waals surface area contributed by atoms with Gasteiger partial charge < -0.3 is 25.8 Å². The Balaban J connectivity index is -0.000000394. The number of carbonyl (C=O) groups is 4. The van der Waals surface area contributed by atoms with E-state index in [9.17, 15) is 19.2 Å². The van der Waals surface area contributed by atoms with Crippen molar-refractivity contribution in [3.05, 3.63) is 37.0 Å². The van der Waals surface area contributed by atoms with Crippen molar-refractivity contribution in [1.82, 2.24) is 0 Å². The Morgan fingerprint density at radius 3 is 1.67 bits per heavy atom. The Hall–Kier alpha value is -2.78. The molecular weight excluding hydrogens is 358 g/mol. The van der Waals surface area contributed by atoms with Crippen LogP contribution in [0, 0.1) is 5.92 Å². The number of esters is 1. The third kappa shape index (κ3) is 17.8. The van der Waals surface area contributed by atoms with E-state index in [-0.39, 0.29) is 23.5 Å². The van der Waals surface area contributed by atoms with Gasteiger partial charge in [0.25, 0.3) is 0 Å². The van der Waals surface area contributed by atoms with Crippen LogP contribution in [0.25, 0.3) is 0 Å². The van der Waals surface area contributed by atoms with E-state index in [2.05, 4.69) is 19.7 Å². The monoisotopic (exact) mass is 387 g/mol. The molecule has 5 N–H and O–H groups in total. The van der Waals surface area contributed by atoms with E-state index in [0.717, 1.165) is 6.08 Å². The molecule has 0 aromatic carbocycles. The summed E-state index contributed by atoms with van der Waals surface area (Å²) in [5.74, 6) is -3.20. The Morgan fingerprint density at radius 2 is 1.44 bits per heavy atom. The third-order valence-corrected chi connectivity index (χ3v) is 2.78. The van der Waals surface area contributed by atoms with Crippen LogP contribution in [0.5, 0.6) is 0 Å². The molecule has 27 heavy (non-hydrogen) atoms. The molecule has 0 rings (SSSR count). The van der Waals surface area contributed by atoms with Crippen LogP contribution < -0.4 is 5.73 Å². The zero-order valence-corrected chi connectivity index (χ0v) is 15.9. The molecule has 0 aromatic rings. The molecule has 0 amide bonds. The van der Waals surface area contributed by atoms with E-state index in [4.69, 9.17) is 25.8 Å². The number of rotatable bonds is 9. The molecule has 0 spiro atoms. The first-order valence-corrected chi connectivity index (χ1v) is 7.82. The number of hydrogen-bond acceptors (Lipinski definition) is 7. The van der Waals surface area contributed by atoms with Gasteiger partial charge in [-0.05, 0) is 20.3 Å². The van der Waals surface area contributed by atoms with Gasteiger partial charge >= 0.3 is 17.9 Å². The zero-order chi connectivity index (χ0) is 22.2. The number of ether oxygens (including phenoxy) is 1. The van der Waals surface area contributed by atoms with E-state index in [1.54, 1.807) is 6.92 Å². The zero-order valence-electron chi connectivity index (χ0n) is 15.9. The Kier molecular flexibility index (Phi) is 17.9. The molecule has 0 radical (unpaired) electrons. The summed E-state index contributed by atoms with van der Waals surface area (Å²) in [6.45, 7) is 13.8. The summed E-state index contributed by atoms with van der Waals surface area (Å²) in [4.78, 5) is 41.5. The van der Waals surface area contributed by atoms with Crippen molar-refractivity contribution in [2.75, 3.05) is 13.2 Å². The van der Waals surface area contributed by atoms with Crippen LogP contribution in [0.1, 0.15) is 27.2 Å². The second kappa shape index (κ2) is 16.7. The Bertz CT molecular complexity index is 506. The summed E-state index contributed by atoms with van der Waals surface area (Å²) < 4.78 is 4.74. The maximum atomic E-state index is 11.5. The first-order valence-electron chi connectivity index (χ1n) is 7.82. The number of carboxylic acids is 2. The van der Waals surface area contributed by atoms with Crippen molar-refractivity contribution >= 4 is 23.7 Å². The molecular formula is C18H29NO8. The summed E-state index contributed by atoms with van der Waals surface area (Å²) in [5.41, 5.74) is 5.72. The number of carbonyl (C=O) groups excluding carboxylic acids is 2. The maximum Gasteiger partial charge on any atom is 0.330 e. The minimum absolute atomic E-state index is 0.0200. The van der Waals surface area contributed by atoms with E-state index < -0.39 is 36.5 Å². The van der Waals surface area contributed by atoms with Crippen molar-refractivity contribution in [3.63, 3.8) is 0 Å². The van der Waals surface area contributed by atoms with Crippen molar-refractivity contribution in [3.8, 4) is 0 Å². The lowest BCUT2D eigenvalue weighted by Crippen LogP contribution is -2.40. The van der Waals surface area contributed by atoms with Gasteiger partial charge in [-0.15, -0.1) is 0 Å². The fourth-order valence-corrected chi connectivity index (χ4v) is 1.04. The second-order valence-electron chi connectivity index (χ2n) is 5.30. The number of aliphatic carboxylic acids is 2. The van der Waals surface area contributed by atoms with E-state index in [1.807, 2.05) is 0 Å². The molecule has 2 atom stereocenters. The standard InChI is InChI=1S/C10H17NO4.2C4H6O2/c1-3-7(6-15-9(13)4-2)10(14)8(11)5-12;2*1-3(2)4(5)6/h4,7-8,12H,2-3,5-6,11H2,1H3;2*1H2,2H3,(H,5,6)/t7?,8-;;/m0../s1. The van der Waals surface area contributed by atoms with Gasteiger partial charge in [0.15, 0.2) is 5.78 Å². The molecule has 0 fully saturated rings. The number of nitrogens with two attached hydrogens (primary N) is 1. The third-order valence-electron chi connectivity index (χ3n) is 2.78. The fraction of sp³-hybridized carbons (Fsp3) is 0.444. The van der Waals surface area contributed by atoms with Crippen LogP contribution >= 0.6 is 0 Å². The molecule has 0 aliphatic rings. The average molecular weight is 387 g/mol. The molecule has 0 saturated carbocycles. The molecule has 9 heteroatoms. The smallest absolute Gasteiger partial charge is 0.330 e. The van der Waals surface area contributed by atoms with Gasteiger partial charge in [-0.25, -0.2) is 14.4 Å². The summed E-state index contributed by atoms with van der Waals surface area (Å²) in [6.07, 6.45) is 1.54. The van der Waals surface area contributed by atoms with Gasteiger partial charge in [0.2, 0.25) is 0 Å². The van der Waals surface area contributed by atoms with Crippen molar-refractivity contribution in [1.29, 1.82) is 0 Å². The summed E-state index contributed by atoms with van der Waals surface area (Å²) in [6, 6.07) is -0.905. The molecule has 0 saturated heterocycles. The summed E-state index contributed by atoms with van der Waals surface area (Å²) in [5, 5.41) is 24.5. The van der Waals surface area contributed by atoms with Crippen molar-refractivity contribution in [2.45, 2.75) is 33.2 Å². The number of Topliss-reactive ketones (excluding diaryl/α,β-unsaturated/α-hetero) is 1. The molecule has 1 unspecified atom stereocenters. The lowest BCUT2D eigenvalue weighted by Gasteiger charge is -2.16. The number of aliphatic hydroxyl groups is 1. The van der Waals surface area contributed by atoms with Crippen LogP contribution in [0.2, 0.25) is 0 Å². The normalized spacial score (nSPS) is 11.1. The Labute approximate surface area is 158 Å². The minimum Gasteiger partial charge on any atom is -0.478 e. The first kappa shape index (κ1) is 29.0. The largest absolute Gasteiger partial charge is 0.478 e. The predicted molar refractivity (Wildman–Crippen MR) is 99.9 cm³/mol. The first-order chi connectivity index (χ1) is 12.3. The van der Waals surface area contributed by atoms with Crippen LogP contribution in [-0.2, 0) is 23.9 Å². The maximum absolute atomic E-state index is 11.5. The SMILES string of the molecule is C=C(C)C(=O)O.C=C(C)C(=O)O.C=CC(=O)OCC(CC)C(=O)[C@@H](N)CO. The molecule has 0 aromatic heterocycles. The van der Waals surface area contributed by atoms with Gasteiger partial charge in [-0.2, -0.15) is 0 Å². The highest BCUT2D eigenvalue weighted by Gasteiger charge is 2.23. The molecule has 154 valence electrons. The fourth-order valence-electron chi connectivity index (χ4n) is 1.04. The lowest BCUT2D eigenvalue weighted by atomic mass is 9.97. The quantitative estimate of drug-likeness (QED) is 0.332. The van der Waals surface area contributed by atoms with Crippen molar-refractivity contribution in [2.24, 2.45) is 11.7 Å². The van der Waals surface area contributed by atoms with Gasteiger partial charge in [0.05, 0.1) is 18.6 Å². The molecule has 0 aliphatic carbocycles. The predicted octanol–water partition coefficient (Wildman–Crippen LogP) is 0.925. The van der Waals surface area contributed by atoms with Gasteiger partial charge in [0, 0.05) is 17.2 Å². The van der Waals surface area contributed by atoms with Crippen molar-refractivity contribution < 1.29 is 39.2 Å². The van der Waals surface area contributed by atoms with Gasteiger partial charge in [-0.3, -0.25) is 4.79 Å². The molecule has 0 bridgehead atoms. The van der Waals surface area contributed by atoms with Crippen LogP contribution in [0.3, 0.4) is 0 Å². The molecule has 0 aliphatic heterocycles. The number of ketones is 1. The van der Waals surface area contributed by atoms with Crippen LogP contribution in [0.15, 0.2) is 37.0 Å². The van der Waals surface area contributed by atoms with Gasteiger partial charge in [-0.1, -0.05) is 26.7 Å². The number of aliphatic hydroxyl groups excluding tert-OH is 1. The molecule has 9 nitrogen and oxygen atoms in total. The van der Waals surface area contributed by atoms with E-state index in [1.165, 1.54) is 13.8 Å². The van der Waals surface area contributed by atoms with E-state index in [0.29, 0.717) is 6.42 Å². The molecule has 0 heterocycles. The number of carboxylic acid groups (broad SMARTS) is 2. The highest BCUT2D eigenvalue weighted by Crippen LogP contribution is 2.07. The number of hydrogen-bond donors (Lipinski definition) is 4. The highest BCUT2D eigenvalue weighted by molar-refractivity contribution is 5.87. The average Bonchev–Trinajstić information content (AvgIpc) is 2.61. The highest BCUT2D eigenvalue weighted by atomic mass is 16.5. The second-order valence-corrected chi connectivity index (χ2v) is 5.30. The van der Waals surface area contributed by atoms with Crippen LogP contribution in [0.4, 0.5) is 0 Å².